The molecule has 0 aromatic heterocycles. The maximum Gasteiger partial charge on any atom is 0.169 e. The zero-order chi connectivity index (χ0) is 11.9. The van der Waals surface area contributed by atoms with E-state index in [0.717, 1.165) is 32.1 Å². The maximum atomic E-state index is 11.8. The van der Waals surface area contributed by atoms with Gasteiger partial charge in [-0.25, -0.2) is 0 Å². The first-order chi connectivity index (χ1) is 8.24. The third-order valence-electron chi connectivity index (χ3n) is 4.24. The molecule has 0 bridgehead atoms. The normalized spacial score (nSPS) is 40.5. The number of hydrogen-bond acceptors (Lipinski definition) is 4. The topological polar surface area (TPSA) is 44.8 Å². The van der Waals surface area contributed by atoms with Gasteiger partial charge in [0.15, 0.2) is 11.6 Å². The van der Waals surface area contributed by atoms with Gasteiger partial charge in [-0.15, -0.1) is 0 Å². The highest BCUT2D eigenvalue weighted by Gasteiger charge is 2.53. The van der Waals surface area contributed by atoms with E-state index in [2.05, 4.69) is 0 Å². The summed E-state index contributed by atoms with van der Waals surface area (Å²) in [7, 11) is 1.58. The highest BCUT2D eigenvalue weighted by molar-refractivity contribution is 5.84. The van der Waals surface area contributed by atoms with Crippen LogP contribution in [0.25, 0.3) is 0 Å². The van der Waals surface area contributed by atoms with E-state index in [4.69, 9.17) is 14.2 Å². The Hall–Kier alpha value is -0.450. The van der Waals surface area contributed by atoms with Crippen molar-refractivity contribution in [1.29, 1.82) is 0 Å². The van der Waals surface area contributed by atoms with Crippen molar-refractivity contribution in [2.24, 2.45) is 0 Å². The molecular weight excluding hydrogens is 220 g/mol. The van der Waals surface area contributed by atoms with Gasteiger partial charge in [0.25, 0.3) is 0 Å². The highest BCUT2D eigenvalue weighted by atomic mass is 16.8. The van der Waals surface area contributed by atoms with Crippen LogP contribution in [0.4, 0.5) is 0 Å². The molecule has 0 amide bonds. The molecule has 1 heterocycles. The first-order valence-electron chi connectivity index (χ1n) is 6.65. The summed E-state index contributed by atoms with van der Waals surface area (Å²) in [5, 5.41) is 0. The number of fused-ring (bicyclic) bond motifs is 1. The summed E-state index contributed by atoms with van der Waals surface area (Å²) in [4.78, 5) is 11.8. The summed E-state index contributed by atoms with van der Waals surface area (Å²) >= 11 is 0. The fourth-order valence-electron chi connectivity index (χ4n) is 3.38. The molecule has 1 aliphatic heterocycles. The quantitative estimate of drug-likeness (QED) is 0.701. The smallest absolute Gasteiger partial charge is 0.169 e. The van der Waals surface area contributed by atoms with Crippen LogP contribution in [0.15, 0.2) is 0 Å². The molecule has 96 valence electrons. The Morgan fingerprint density at radius 3 is 2.71 bits per heavy atom. The summed E-state index contributed by atoms with van der Waals surface area (Å²) in [6.45, 7) is 0. The molecule has 3 fully saturated rings. The number of ketones is 1. The van der Waals surface area contributed by atoms with E-state index < -0.39 is 11.9 Å². The highest BCUT2D eigenvalue weighted by Crippen LogP contribution is 2.44. The fraction of sp³-hybridized carbons (Fsp3) is 0.923. The lowest BCUT2D eigenvalue weighted by Gasteiger charge is -2.32. The van der Waals surface area contributed by atoms with Crippen molar-refractivity contribution in [3.05, 3.63) is 0 Å². The molecule has 2 aliphatic carbocycles. The van der Waals surface area contributed by atoms with Crippen LogP contribution in [0.5, 0.6) is 0 Å². The average Bonchev–Trinajstić information content (AvgIpc) is 2.68. The zero-order valence-electron chi connectivity index (χ0n) is 10.3. The Morgan fingerprint density at radius 1 is 1.24 bits per heavy atom. The first-order valence-corrected chi connectivity index (χ1v) is 6.65. The second-order valence-corrected chi connectivity index (χ2v) is 5.37. The predicted octanol–water partition coefficient (Wildman–Crippen LogP) is 1.81. The van der Waals surface area contributed by atoms with Gasteiger partial charge < -0.3 is 14.2 Å². The van der Waals surface area contributed by atoms with Crippen molar-refractivity contribution < 1.29 is 19.0 Å². The Balaban J connectivity index is 1.77. The average molecular weight is 240 g/mol. The first kappa shape index (κ1) is 11.6. The van der Waals surface area contributed by atoms with E-state index in [1.807, 2.05) is 0 Å². The SMILES string of the molecule is CO[C@H]1C(=O)CC[C@H]2OC3(CCCCC3)O[C@H]21. The molecule has 3 atom stereocenters. The van der Waals surface area contributed by atoms with E-state index in [9.17, 15) is 4.79 Å². The molecule has 0 aromatic carbocycles. The van der Waals surface area contributed by atoms with Crippen LogP contribution in [-0.2, 0) is 19.0 Å². The molecule has 0 unspecified atom stereocenters. The molecule has 3 aliphatic rings. The third kappa shape index (κ3) is 1.92. The van der Waals surface area contributed by atoms with Crippen molar-refractivity contribution in [3.8, 4) is 0 Å². The van der Waals surface area contributed by atoms with Crippen LogP contribution in [0.2, 0.25) is 0 Å². The van der Waals surface area contributed by atoms with Crippen LogP contribution in [-0.4, -0.2) is 37.0 Å². The van der Waals surface area contributed by atoms with Crippen molar-refractivity contribution >= 4 is 5.78 Å². The summed E-state index contributed by atoms with van der Waals surface area (Å²) in [5.74, 6) is -0.250. The van der Waals surface area contributed by atoms with E-state index >= 15 is 0 Å². The molecule has 4 heteroatoms. The molecule has 2 saturated carbocycles. The van der Waals surface area contributed by atoms with E-state index in [0.29, 0.717) is 6.42 Å². The number of methoxy groups -OCH3 is 1. The van der Waals surface area contributed by atoms with Crippen molar-refractivity contribution in [1.82, 2.24) is 0 Å². The monoisotopic (exact) mass is 240 g/mol. The second-order valence-electron chi connectivity index (χ2n) is 5.37. The van der Waals surface area contributed by atoms with Gasteiger partial charge in [0.2, 0.25) is 0 Å². The predicted molar refractivity (Wildman–Crippen MR) is 60.6 cm³/mol. The lowest BCUT2D eigenvalue weighted by molar-refractivity contribution is -0.199. The number of rotatable bonds is 1. The number of ether oxygens (including phenoxy) is 3. The van der Waals surface area contributed by atoms with Crippen LogP contribution in [0.1, 0.15) is 44.9 Å². The van der Waals surface area contributed by atoms with Gasteiger partial charge in [-0.1, -0.05) is 6.42 Å². The van der Waals surface area contributed by atoms with Crippen LogP contribution < -0.4 is 0 Å². The molecule has 4 nitrogen and oxygen atoms in total. The van der Waals surface area contributed by atoms with Gasteiger partial charge in [-0.05, 0) is 19.3 Å². The summed E-state index contributed by atoms with van der Waals surface area (Å²) < 4.78 is 17.5. The van der Waals surface area contributed by atoms with Crippen molar-refractivity contribution in [2.75, 3.05) is 7.11 Å². The van der Waals surface area contributed by atoms with Gasteiger partial charge in [-0.2, -0.15) is 0 Å². The number of carbonyl (C=O) groups is 1. The van der Waals surface area contributed by atoms with Crippen molar-refractivity contribution in [2.45, 2.75) is 69.0 Å². The number of hydrogen-bond donors (Lipinski definition) is 0. The molecule has 0 N–H and O–H groups in total. The van der Waals surface area contributed by atoms with Crippen LogP contribution in [0.3, 0.4) is 0 Å². The minimum Gasteiger partial charge on any atom is -0.371 e. The van der Waals surface area contributed by atoms with Gasteiger partial charge in [0, 0.05) is 26.4 Å². The summed E-state index contributed by atoms with van der Waals surface area (Å²) in [5.41, 5.74) is 0. The van der Waals surface area contributed by atoms with Gasteiger partial charge in [-0.3, -0.25) is 4.79 Å². The van der Waals surface area contributed by atoms with E-state index in [1.165, 1.54) is 6.42 Å². The van der Waals surface area contributed by atoms with E-state index in [-0.39, 0.29) is 18.0 Å². The second kappa shape index (κ2) is 4.34. The largest absolute Gasteiger partial charge is 0.371 e. The molecule has 0 radical (unpaired) electrons. The van der Waals surface area contributed by atoms with Gasteiger partial charge in [0.05, 0.1) is 6.10 Å². The Labute approximate surface area is 102 Å². The van der Waals surface area contributed by atoms with Gasteiger partial charge in [0.1, 0.15) is 12.2 Å². The third-order valence-corrected chi connectivity index (χ3v) is 4.24. The fourth-order valence-corrected chi connectivity index (χ4v) is 3.38. The maximum absolute atomic E-state index is 11.8. The minimum atomic E-state index is -0.421. The van der Waals surface area contributed by atoms with Gasteiger partial charge >= 0.3 is 0 Å². The molecule has 17 heavy (non-hydrogen) atoms. The van der Waals surface area contributed by atoms with Crippen LogP contribution >= 0.6 is 0 Å². The lowest BCUT2D eigenvalue weighted by Crippen LogP contribution is -2.46. The molecule has 1 saturated heterocycles. The Bertz CT molecular complexity index is 309. The zero-order valence-corrected chi connectivity index (χ0v) is 10.3. The standard InChI is InChI=1S/C13H20O4/c1-15-11-9(14)5-6-10-12(11)17-13(16-10)7-3-2-4-8-13/h10-12H,2-8H2,1H3/t10-,11+,12-/m1/s1. The lowest BCUT2D eigenvalue weighted by atomic mass is 9.91. The Morgan fingerprint density at radius 2 is 2.00 bits per heavy atom. The summed E-state index contributed by atoms with van der Waals surface area (Å²) in [6.07, 6.45) is 6.29. The number of carbonyl (C=O) groups excluding carboxylic acids is 1. The molecular formula is C13H20O4. The van der Waals surface area contributed by atoms with E-state index in [1.54, 1.807) is 7.11 Å². The minimum absolute atomic E-state index is 0.0516. The molecule has 1 spiro atoms. The number of Topliss-reactive ketones (excluding diaryl/α,β-unsaturated/α-hetero) is 1. The van der Waals surface area contributed by atoms with Crippen LogP contribution in [0, 0.1) is 0 Å². The molecule has 3 rings (SSSR count). The summed E-state index contributed by atoms with van der Waals surface area (Å²) in [6, 6.07) is 0. The molecule has 0 aromatic rings. The Kier molecular flexibility index (Phi) is 2.97. The van der Waals surface area contributed by atoms with Crippen molar-refractivity contribution in [3.63, 3.8) is 0 Å².